The molecule has 2 saturated heterocycles. The molecular formula is C14H23N3S2. The molecule has 0 spiro atoms. The highest BCUT2D eigenvalue weighted by Gasteiger charge is 2.38. The Labute approximate surface area is 124 Å². The van der Waals surface area contributed by atoms with Crippen LogP contribution in [0.4, 0.5) is 0 Å². The van der Waals surface area contributed by atoms with Gasteiger partial charge in [0.25, 0.3) is 0 Å². The largest absolute Gasteiger partial charge is 0.302 e. The molecule has 0 radical (unpaired) electrons. The van der Waals surface area contributed by atoms with Crippen molar-refractivity contribution in [3.8, 4) is 0 Å². The maximum absolute atomic E-state index is 4.64. The molecule has 1 aromatic heterocycles. The number of rotatable bonds is 6. The number of unbranched alkanes of at least 4 members (excludes halogenated alkanes) is 2. The Morgan fingerprint density at radius 1 is 1.32 bits per heavy atom. The SMILES string of the molecule is CCCCCSc1nsnc1C1CN2CCC[C@H]1C2. The average molecular weight is 297 g/mol. The van der Waals surface area contributed by atoms with Crippen LogP contribution in [0.2, 0.25) is 0 Å². The van der Waals surface area contributed by atoms with Crippen LogP contribution in [-0.4, -0.2) is 39.0 Å². The second-order valence-electron chi connectivity index (χ2n) is 5.78. The van der Waals surface area contributed by atoms with Gasteiger partial charge in [0, 0.05) is 19.0 Å². The van der Waals surface area contributed by atoms with Gasteiger partial charge in [0.05, 0.1) is 17.4 Å². The van der Waals surface area contributed by atoms with Crippen LogP contribution >= 0.6 is 23.5 Å². The van der Waals surface area contributed by atoms with Crippen molar-refractivity contribution in [1.29, 1.82) is 0 Å². The van der Waals surface area contributed by atoms with E-state index in [9.17, 15) is 0 Å². The molecular weight excluding hydrogens is 274 g/mol. The smallest absolute Gasteiger partial charge is 0.134 e. The van der Waals surface area contributed by atoms with Crippen molar-refractivity contribution in [2.45, 2.75) is 50.0 Å². The van der Waals surface area contributed by atoms with E-state index in [-0.39, 0.29) is 0 Å². The lowest BCUT2D eigenvalue weighted by Crippen LogP contribution is -2.25. The van der Waals surface area contributed by atoms with Gasteiger partial charge in [0.2, 0.25) is 0 Å². The van der Waals surface area contributed by atoms with E-state index in [1.54, 1.807) is 0 Å². The molecule has 2 unspecified atom stereocenters. The fraction of sp³-hybridized carbons (Fsp3) is 0.857. The van der Waals surface area contributed by atoms with E-state index < -0.39 is 0 Å². The summed E-state index contributed by atoms with van der Waals surface area (Å²) >= 11 is 3.34. The molecule has 0 aliphatic carbocycles. The van der Waals surface area contributed by atoms with Gasteiger partial charge in [0.15, 0.2) is 0 Å². The zero-order chi connectivity index (χ0) is 13.1. The van der Waals surface area contributed by atoms with E-state index in [0.29, 0.717) is 5.92 Å². The van der Waals surface area contributed by atoms with Crippen LogP contribution in [0.5, 0.6) is 0 Å². The molecule has 2 aliphatic heterocycles. The molecule has 19 heavy (non-hydrogen) atoms. The van der Waals surface area contributed by atoms with Crippen LogP contribution in [0.25, 0.3) is 0 Å². The number of nitrogens with zero attached hydrogens (tertiary/aromatic N) is 3. The first-order chi connectivity index (χ1) is 9.38. The van der Waals surface area contributed by atoms with Gasteiger partial charge < -0.3 is 4.90 Å². The maximum Gasteiger partial charge on any atom is 0.134 e. The molecule has 0 saturated carbocycles. The molecule has 3 heterocycles. The summed E-state index contributed by atoms with van der Waals surface area (Å²) in [5, 5.41) is 1.24. The average Bonchev–Trinajstić information content (AvgIpc) is 2.99. The van der Waals surface area contributed by atoms with Gasteiger partial charge in [-0.2, -0.15) is 8.75 Å². The van der Waals surface area contributed by atoms with Crippen molar-refractivity contribution < 1.29 is 0 Å². The Morgan fingerprint density at radius 3 is 3.11 bits per heavy atom. The van der Waals surface area contributed by atoms with Crippen molar-refractivity contribution in [3.63, 3.8) is 0 Å². The van der Waals surface area contributed by atoms with Gasteiger partial charge >= 0.3 is 0 Å². The molecule has 3 atom stereocenters. The topological polar surface area (TPSA) is 29.0 Å². The van der Waals surface area contributed by atoms with Crippen molar-refractivity contribution in [3.05, 3.63) is 5.69 Å². The van der Waals surface area contributed by atoms with Gasteiger partial charge in [-0.15, -0.1) is 11.8 Å². The minimum Gasteiger partial charge on any atom is -0.302 e. The van der Waals surface area contributed by atoms with Gasteiger partial charge in [-0.05, 0) is 37.5 Å². The Bertz CT molecular complexity index is 407. The predicted octanol–water partition coefficient (Wildman–Crippen LogP) is 3.63. The highest BCUT2D eigenvalue weighted by Crippen LogP contribution is 2.41. The summed E-state index contributed by atoms with van der Waals surface area (Å²) in [5.41, 5.74) is 1.32. The molecule has 2 fully saturated rings. The molecule has 2 aliphatic rings. The van der Waals surface area contributed by atoms with Crippen LogP contribution in [-0.2, 0) is 0 Å². The summed E-state index contributed by atoms with van der Waals surface area (Å²) < 4.78 is 9.19. The van der Waals surface area contributed by atoms with Gasteiger partial charge in [0.1, 0.15) is 5.03 Å². The first-order valence-corrected chi connectivity index (χ1v) is 9.27. The quantitative estimate of drug-likeness (QED) is 0.592. The van der Waals surface area contributed by atoms with Gasteiger partial charge in [-0.1, -0.05) is 19.8 Å². The summed E-state index contributed by atoms with van der Waals surface area (Å²) in [4.78, 5) is 2.61. The molecule has 3 nitrogen and oxygen atoms in total. The Hall–Kier alpha value is -0.130. The third-order valence-corrected chi connectivity index (χ3v) is 6.11. The molecule has 0 N–H and O–H groups in total. The Kier molecular flexibility index (Phi) is 4.77. The number of fused-ring (bicyclic) bond motifs is 2. The highest BCUT2D eigenvalue weighted by molar-refractivity contribution is 7.99. The normalized spacial score (nSPS) is 29.8. The fourth-order valence-electron chi connectivity index (χ4n) is 3.36. The number of piperidine rings is 1. The van der Waals surface area contributed by atoms with E-state index in [4.69, 9.17) is 0 Å². The molecule has 106 valence electrons. The van der Waals surface area contributed by atoms with Gasteiger partial charge in [-0.25, -0.2) is 0 Å². The zero-order valence-corrected chi connectivity index (χ0v) is 13.3. The number of thioether (sulfide) groups is 1. The summed E-state index contributed by atoms with van der Waals surface area (Å²) in [6.07, 6.45) is 6.69. The maximum atomic E-state index is 4.64. The predicted molar refractivity (Wildman–Crippen MR) is 82.1 cm³/mol. The fourth-order valence-corrected chi connectivity index (χ4v) is 5.13. The number of aromatic nitrogens is 2. The second-order valence-corrected chi connectivity index (χ2v) is 7.39. The summed E-state index contributed by atoms with van der Waals surface area (Å²) in [6.45, 7) is 6.07. The van der Waals surface area contributed by atoms with Crippen LogP contribution in [0.3, 0.4) is 0 Å². The monoisotopic (exact) mass is 297 g/mol. The summed E-state index contributed by atoms with van der Waals surface area (Å²) in [5.74, 6) is 2.70. The Balaban J connectivity index is 1.63. The van der Waals surface area contributed by atoms with E-state index in [2.05, 4.69) is 20.6 Å². The zero-order valence-electron chi connectivity index (χ0n) is 11.7. The van der Waals surface area contributed by atoms with Crippen LogP contribution in [0, 0.1) is 5.92 Å². The minimum atomic E-state index is 0.662. The summed E-state index contributed by atoms with van der Waals surface area (Å²) in [7, 11) is 0. The third kappa shape index (κ3) is 3.14. The summed E-state index contributed by atoms with van der Waals surface area (Å²) in [6, 6.07) is 0. The van der Waals surface area contributed by atoms with E-state index >= 15 is 0 Å². The van der Waals surface area contributed by atoms with Gasteiger partial charge in [-0.3, -0.25) is 0 Å². The van der Waals surface area contributed by atoms with Crippen molar-refractivity contribution in [2.75, 3.05) is 25.4 Å². The van der Waals surface area contributed by atoms with Crippen molar-refractivity contribution in [2.24, 2.45) is 5.92 Å². The molecule has 3 rings (SSSR count). The van der Waals surface area contributed by atoms with E-state index in [0.717, 1.165) is 5.92 Å². The minimum absolute atomic E-state index is 0.662. The second kappa shape index (κ2) is 6.55. The molecule has 0 aromatic carbocycles. The van der Waals surface area contributed by atoms with Crippen LogP contribution in [0.1, 0.15) is 50.6 Å². The lowest BCUT2D eigenvalue weighted by atomic mass is 9.89. The van der Waals surface area contributed by atoms with E-state index in [1.807, 2.05) is 11.8 Å². The number of hydrogen-bond donors (Lipinski definition) is 0. The lowest BCUT2D eigenvalue weighted by Gasteiger charge is -2.21. The van der Waals surface area contributed by atoms with E-state index in [1.165, 1.54) is 79.9 Å². The first kappa shape index (κ1) is 13.8. The molecule has 0 amide bonds. The molecule has 5 heteroatoms. The highest BCUT2D eigenvalue weighted by atomic mass is 32.2. The lowest BCUT2D eigenvalue weighted by molar-refractivity contribution is 0.269. The third-order valence-electron chi connectivity index (χ3n) is 4.39. The van der Waals surface area contributed by atoms with Crippen molar-refractivity contribution >= 4 is 23.5 Å². The van der Waals surface area contributed by atoms with Crippen molar-refractivity contribution in [1.82, 2.24) is 13.6 Å². The standard InChI is InChI=1S/C14H23N3S2/c1-2-3-4-8-18-14-13(15-19-16-14)12-10-17-7-5-6-11(12)9-17/h11-12H,2-10H2,1H3/t11-,12?/m0/s1. The first-order valence-electron chi connectivity index (χ1n) is 7.56. The molecule has 1 aromatic rings. The van der Waals surface area contributed by atoms with Crippen LogP contribution in [0.15, 0.2) is 5.03 Å². The van der Waals surface area contributed by atoms with Crippen LogP contribution < -0.4 is 0 Å². The Morgan fingerprint density at radius 2 is 2.26 bits per heavy atom. The number of hydrogen-bond acceptors (Lipinski definition) is 5. The molecule has 2 bridgehead atoms.